The molecule has 0 amide bonds. The maximum Gasteiger partial charge on any atom is 0.203 e. The van der Waals surface area contributed by atoms with Crippen LogP contribution in [-0.4, -0.2) is 31.3 Å². The van der Waals surface area contributed by atoms with Gasteiger partial charge in [0.15, 0.2) is 11.5 Å². The normalized spacial score (nSPS) is 10.5. The van der Waals surface area contributed by atoms with Crippen molar-refractivity contribution in [1.82, 2.24) is 9.97 Å². The average molecular weight is 324 g/mol. The number of hydrogen-bond donors (Lipinski definition) is 1. The lowest BCUT2D eigenvalue weighted by Crippen LogP contribution is -1.98. The fourth-order valence-corrected chi connectivity index (χ4v) is 2.65. The van der Waals surface area contributed by atoms with Crippen LogP contribution in [0.15, 0.2) is 48.7 Å². The van der Waals surface area contributed by atoms with E-state index in [4.69, 9.17) is 14.2 Å². The van der Waals surface area contributed by atoms with Crippen LogP contribution in [0.4, 0.5) is 0 Å². The van der Waals surface area contributed by atoms with E-state index < -0.39 is 0 Å². The van der Waals surface area contributed by atoms with Crippen LogP contribution in [0.1, 0.15) is 11.3 Å². The van der Waals surface area contributed by atoms with Gasteiger partial charge in [0.1, 0.15) is 5.82 Å². The third-order valence-electron chi connectivity index (χ3n) is 3.79. The Labute approximate surface area is 141 Å². The van der Waals surface area contributed by atoms with Crippen molar-refractivity contribution in [2.24, 2.45) is 0 Å². The molecule has 0 spiro atoms. The molecular weight excluding hydrogens is 304 g/mol. The van der Waals surface area contributed by atoms with Gasteiger partial charge < -0.3 is 19.2 Å². The molecule has 0 saturated heterocycles. The first-order valence-electron chi connectivity index (χ1n) is 7.63. The summed E-state index contributed by atoms with van der Waals surface area (Å²) in [6.07, 6.45) is 2.54. The second-order valence-electron chi connectivity index (χ2n) is 5.33. The lowest BCUT2D eigenvalue weighted by Gasteiger charge is -2.13. The first kappa shape index (κ1) is 15.9. The molecule has 0 aliphatic heterocycles. The van der Waals surface area contributed by atoms with Crippen LogP contribution in [0.3, 0.4) is 0 Å². The summed E-state index contributed by atoms with van der Waals surface area (Å²) in [5.41, 5.74) is 3.13. The topological polar surface area (TPSA) is 56.4 Å². The molecular formula is C19H20N2O3. The second-order valence-corrected chi connectivity index (χ2v) is 5.33. The minimum absolute atomic E-state index is 0.596. The van der Waals surface area contributed by atoms with Gasteiger partial charge in [0.25, 0.3) is 0 Å². The molecule has 0 saturated carbocycles. The number of aromatic amines is 1. The number of nitrogens with zero attached hydrogens (tertiary/aromatic N) is 1. The molecule has 1 heterocycles. The second kappa shape index (κ2) is 7.08. The summed E-state index contributed by atoms with van der Waals surface area (Å²) in [6, 6.07) is 13.9. The number of rotatable bonds is 6. The van der Waals surface area contributed by atoms with Gasteiger partial charge in [-0.1, -0.05) is 30.3 Å². The van der Waals surface area contributed by atoms with Crippen molar-refractivity contribution in [3.8, 4) is 28.6 Å². The summed E-state index contributed by atoms with van der Waals surface area (Å²) in [5.74, 6) is 2.75. The summed E-state index contributed by atoms with van der Waals surface area (Å²) >= 11 is 0. The van der Waals surface area contributed by atoms with Crippen LogP contribution in [-0.2, 0) is 6.42 Å². The van der Waals surface area contributed by atoms with Crippen molar-refractivity contribution >= 4 is 0 Å². The molecule has 0 radical (unpaired) electrons. The number of ether oxygens (including phenoxy) is 3. The summed E-state index contributed by atoms with van der Waals surface area (Å²) in [6.45, 7) is 0. The minimum atomic E-state index is 0.596. The zero-order valence-corrected chi connectivity index (χ0v) is 14.0. The average Bonchev–Trinajstić information content (AvgIpc) is 3.10. The third kappa shape index (κ3) is 3.20. The zero-order valence-electron chi connectivity index (χ0n) is 14.0. The highest BCUT2D eigenvalue weighted by Gasteiger charge is 2.14. The van der Waals surface area contributed by atoms with Gasteiger partial charge in [0.2, 0.25) is 5.75 Å². The molecule has 1 aromatic heterocycles. The van der Waals surface area contributed by atoms with Crippen LogP contribution in [0.5, 0.6) is 17.2 Å². The molecule has 124 valence electrons. The Kier molecular flexibility index (Phi) is 4.70. The Morgan fingerprint density at radius 1 is 0.917 bits per heavy atom. The van der Waals surface area contributed by atoms with Crippen LogP contribution in [0, 0.1) is 0 Å². The van der Waals surface area contributed by atoms with Crippen molar-refractivity contribution < 1.29 is 14.2 Å². The predicted molar refractivity (Wildman–Crippen MR) is 92.9 cm³/mol. The Bertz CT molecular complexity index is 787. The van der Waals surface area contributed by atoms with Crippen LogP contribution in [0.25, 0.3) is 11.4 Å². The highest BCUT2D eigenvalue weighted by Crippen LogP contribution is 2.38. The first-order valence-corrected chi connectivity index (χ1v) is 7.63. The number of nitrogens with one attached hydrogen (secondary N) is 1. The van der Waals surface area contributed by atoms with E-state index in [1.807, 2.05) is 48.7 Å². The van der Waals surface area contributed by atoms with E-state index in [0.717, 1.165) is 22.6 Å². The van der Waals surface area contributed by atoms with Crippen LogP contribution in [0.2, 0.25) is 0 Å². The van der Waals surface area contributed by atoms with E-state index in [1.165, 1.54) is 0 Å². The van der Waals surface area contributed by atoms with Crippen LogP contribution < -0.4 is 14.2 Å². The molecule has 0 unspecified atom stereocenters. The molecule has 3 rings (SSSR count). The van der Waals surface area contributed by atoms with Gasteiger partial charge in [-0.25, -0.2) is 4.98 Å². The number of hydrogen-bond acceptors (Lipinski definition) is 4. The van der Waals surface area contributed by atoms with Gasteiger partial charge >= 0.3 is 0 Å². The van der Waals surface area contributed by atoms with E-state index in [-0.39, 0.29) is 0 Å². The molecule has 0 atom stereocenters. The number of benzene rings is 2. The van der Waals surface area contributed by atoms with E-state index in [2.05, 4.69) is 9.97 Å². The summed E-state index contributed by atoms with van der Waals surface area (Å²) in [7, 11) is 4.83. The molecule has 0 bridgehead atoms. The smallest absolute Gasteiger partial charge is 0.203 e. The van der Waals surface area contributed by atoms with E-state index in [0.29, 0.717) is 23.7 Å². The Morgan fingerprint density at radius 3 is 2.17 bits per heavy atom. The number of imidazole rings is 1. The predicted octanol–water partition coefficient (Wildman–Crippen LogP) is 3.69. The number of H-pyrrole nitrogens is 1. The van der Waals surface area contributed by atoms with Gasteiger partial charge in [0, 0.05) is 23.9 Å². The third-order valence-corrected chi connectivity index (χ3v) is 3.79. The molecule has 0 fully saturated rings. The van der Waals surface area contributed by atoms with E-state index in [1.54, 1.807) is 21.3 Å². The summed E-state index contributed by atoms with van der Waals surface area (Å²) in [5, 5.41) is 0. The largest absolute Gasteiger partial charge is 0.493 e. The van der Waals surface area contributed by atoms with Crippen molar-refractivity contribution in [3.05, 3.63) is 59.9 Å². The fourth-order valence-electron chi connectivity index (χ4n) is 2.65. The zero-order chi connectivity index (χ0) is 16.9. The highest BCUT2D eigenvalue weighted by molar-refractivity contribution is 5.56. The molecule has 24 heavy (non-hydrogen) atoms. The molecule has 2 aromatic carbocycles. The maximum atomic E-state index is 5.40. The molecule has 1 N–H and O–H groups in total. The summed E-state index contributed by atoms with van der Waals surface area (Å²) < 4.78 is 16.2. The Hall–Kier alpha value is -2.95. The fraction of sp³-hybridized carbons (Fsp3) is 0.211. The molecule has 0 aliphatic rings. The Morgan fingerprint density at radius 2 is 1.58 bits per heavy atom. The van der Waals surface area contributed by atoms with E-state index in [9.17, 15) is 0 Å². The van der Waals surface area contributed by atoms with Crippen molar-refractivity contribution in [3.63, 3.8) is 0 Å². The number of aromatic nitrogens is 2. The lowest BCUT2D eigenvalue weighted by atomic mass is 10.1. The van der Waals surface area contributed by atoms with Gasteiger partial charge in [-0.05, 0) is 17.7 Å². The first-order chi connectivity index (χ1) is 11.7. The van der Waals surface area contributed by atoms with Crippen molar-refractivity contribution in [2.45, 2.75) is 6.42 Å². The van der Waals surface area contributed by atoms with Gasteiger partial charge in [-0.2, -0.15) is 0 Å². The van der Waals surface area contributed by atoms with Crippen molar-refractivity contribution in [2.75, 3.05) is 21.3 Å². The Balaban J connectivity index is 1.88. The van der Waals surface area contributed by atoms with Gasteiger partial charge in [-0.3, -0.25) is 0 Å². The standard InChI is InChI=1S/C19H20N2O3/c1-22-16-10-13(11-17(23-2)18(16)24-3)9-15-12-20-19(21-15)14-7-5-4-6-8-14/h4-8,10-12H,9H2,1-3H3,(H,20,21). The highest BCUT2D eigenvalue weighted by atomic mass is 16.5. The quantitative estimate of drug-likeness (QED) is 0.751. The van der Waals surface area contributed by atoms with Crippen molar-refractivity contribution in [1.29, 1.82) is 0 Å². The lowest BCUT2D eigenvalue weighted by molar-refractivity contribution is 0.324. The minimum Gasteiger partial charge on any atom is -0.493 e. The molecule has 0 aliphatic carbocycles. The van der Waals surface area contributed by atoms with E-state index >= 15 is 0 Å². The van der Waals surface area contributed by atoms with Gasteiger partial charge in [-0.15, -0.1) is 0 Å². The van der Waals surface area contributed by atoms with Gasteiger partial charge in [0.05, 0.1) is 21.3 Å². The summed E-state index contributed by atoms with van der Waals surface area (Å²) in [4.78, 5) is 7.82. The monoisotopic (exact) mass is 324 g/mol. The molecule has 5 heteroatoms. The molecule has 5 nitrogen and oxygen atoms in total. The SMILES string of the molecule is COc1cc(Cc2cnc(-c3ccccc3)[nH]2)cc(OC)c1OC. The number of methoxy groups -OCH3 is 3. The maximum absolute atomic E-state index is 5.40. The molecule has 3 aromatic rings. The van der Waals surface area contributed by atoms with Crippen LogP contribution >= 0.6 is 0 Å².